The van der Waals surface area contributed by atoms with Gasteiger partial charge in [-0.25, -0.2) is 14.2 Å². The van der Waals surface area contributed by atoms with Gasteiger partial charge >= 0.3 is 5.97 Å². The van der Waals surface area contributed by atoms with E-state index >= 15 is 0 Å². The number of aryl methyl sites for hydroxylation is 2. The van der Waals surface area contributed by atoms with E-state index in [2.05, 4.69) is 11.8 Å². The van der Waals surface area contributed by atoms with E-state index in [4.69, 9.17) is 29.0 Å². The summed E-state index contributed by atoms with van der Waals surface area (Å²) in [5.74, 6) is 0.0992. The van der Waals surface area contributed by atoms with Crippen molar-refractivity contribution in [2.24, 2.45) is 0 Å². The van der Waals surface area contributed by atoms with Crippen LogP contribution in [0.2, 0.25) is 0 Å². The molecule has 2 aromatic heterocycles. The first-order valence-electron chi connectivity index (χ1n) is 15.9. The number of aromatic nitrogens is 3. The van der Waals surface area contributed by atoms with E-state index in [1.165, 1.54) is 6.07 Å². The molecule has 0 radical (unpaired) electrons. The van der Waals surface area contributed by atoms with Crippen molar-refractivity contribution in [1.29, 1.82) is 0 Å². The van der Waals surface area contributed by atoms with Crippen molar-refractivity contribution in [3.63, 3.8) is 0 Å². The average Bonchev–Trinajstić information content (AvgIpc) is 3.36. The molecule has 3 aliphatic heterocycles. The Kier molecular flexibility index (Phi) is 9.92. The van der Waals surface area contributed by atoms with E-state index in [1.54, 1.807) is 13.0 Å². The summed E-state index contributed by atoms with van der Waals surface area (Å²) in [7, 11) is 0. The smallest absolute Gasteiger partial charge is 0.340 e. The first-order valence-corrected chi connectivity index (χ1v) is 15.9. The number of anilines is 1. The molecule has 0 saturated carbocycles. The third-order valence-corrected chi connectivity index (χ3v) is 8.43. The number of halogens is 1. The van der Waals surface area contributed by atoms with Gasteiger partial charge in [-0.05, 0) is 96.9 Å². The molecule has 1 unspecified atom stereocenters. The lowest BCUT2D eigenvalue weighted by Gasteiger charge is -2.41. The van der Waals surface area contributed by atoms with Gasteiger partial charge in [0.15, 0.2) is 11.8 Å². The van der Waals surface area contributed by atoms with E-state index in [0.29, 0.717) is 35.8 Å². The van der Waals surface area contributed by atoms with Crippen molar-refractivity contribution in [1.82, 2.24) is 14.6 Å². The number of nitrogens with zero attached hydrogens (tertiary/aromatic N) is 4. The molecule has 44 heavy (non-hydrogen) atoms. The molecule has 1 saturated heterocycles. The lowest BCUT2D eigenvalue weighted by Crippen LogP contribution is -2.46. The molecule has 5 heterocycles. The number of rotatable bonds is 4. The van der Waals surface area contributed by atoms with Crippen molar-refractivity contribution in [2.45, 2.75) is 111 Å². The van der Waals surface area contributed by atoms with Crippen molar-refractivity contribution in [2.75, 3.05) is 31.2 Å². The number of hydrogen-bond donors (Lipinski definition) is 0. The minimum atomic E-state index is -0.978. The number of hydrogen-bond acceptors (Lipinski definition) is 8. The van der Waals surface area contributed by atoms with Crippen LogP contribution in [0, 0.1) is 12.7 Å². The number of piperidine rings is 1. The molecule has 1 atom stereocenters. The van der Waals surface area contributed by atoms with Crippen LogP contribution in [0.1, 0.15) is 101 Å². The summed E-state index contributed by atoms with van der Waals surface area (Å²) in [5, 5.41) is 4.95. The molecule has 0 aliphatic carbocycles. The molecule has 3 aromatic rings. The molecular formula is C34H47FN4O5. The molecule has 1 fully saturated rings. The number of carbonyl (C=O) groups excluding carboxylic acids is 1. The van der Waals surface area contributed by atoms with Crippen LogP contribution in [0.3, 0.4) is 0 Å². The molecular weight excluding hydrogens is 563 g/mol. The second-order valence-electron chi connectivity index (χ2n) is 13.2. The van der Waals surface area contributed by atoms with Gasteiger partial charge in [-0.3, -0.25) is 0 Å². The summed E-state index contributed by atoms with van der Waals surface area (Å²) >= 11 is 0. The molecule has 0 N–H and O–H groups in total. The highest BCUT2D eigenvalue weighted by molar-refractivity contribution is 5.80. The zero-order valence-corrected chi connectivity index (χ0v) is 27.1. The normalized spacial score (nSPS) is 18.8. The summed E-state index contributed by atoms with van der Waals surface area (Å²) in [5.41, 5.74) is 3.82. The molecule has 10 heteroatoms. The van der Waals surface area contributed by atoms with Gasteiger partial charge < -0.3 is 23.8 Å². The Labute approximate surface area is 260 Å². The summed E-state index contributed by atoms with van der Waals surface area (Å²) in [6.45, 7) is 14.7. The predicted octanol–water partition coefficient (Wildman–Crippen LogP) is 6.41. The first-order chi connectivity index (χ1) is 21.0. The van der Waals surface area contributed by atoms with E-state index in [1.807, 2.05) is 44.3 Å². The quantitative estimate of drug-likeness (QED) is 0.313. The Morgan fingerprint density at radius 3 is 2.61 bits per heavy atom. The van der Waals surface area contributed by atoms with E-state index < -0.39 is 17.7 Å². The molecule has 240 valence electrons. The maximum atomic E-state index is 14.1. The SMILES string of the molecule is CCOC(=O)C(OC(C)(C)C)c1c(C)nc2cc3nn2c1N1CCC(C)(CC1)OCCCCCc1cc(F)ccc1COC3. The van der Waals surface area contributed by atoms with Crippen LogP contribution >= 0.6 is 0 Å². The molecule has 0 amide bonds. The maximum Gasteiger partial charge on any atom is 0.340 e. The largest absolute Gasteiger partial charge is 0.464 e. The zero-order chi connectivity index (χ0) is 31.5. The summed E-state index contributed by atoms with van der Waals surface area (Å²) in [6, 6.07) is 6.84. The highest BCUT2D eigenvalue weighted by Crippen LogP contribution is 2.38. The molecule has 9 nitrogen and oxygen atoms in total. The van der Waals surface area contributed by atoms with Crippen LogP contribution in [-0.4, -0.2) is 58.1 Å². The highest BCUT2D eigenvalue weighted by Gasteiger charge is 2.38. The molecule has 6 rings (SSSR count). The predicted molar refractivity (Wildman–Crippen MR) is 166 cm³/mol. The fourth-order valence-electron chi connectivity index (χ4n) is 6.12. The molecule has 4 bridgehead atoms. The molecule has 0 spiro atoms. The van der Waals surface area contributed by atoms with Crippen molar-refractivity contribution in [3.8, 4) is 0 Å². The zero-order valence-electron chi connectivity index (χ0n) is 27.1. The van der Waals surface area contributed by atoms with Gasteiger partial charge in [-0.15, -0.1) is 0 Å². The van der Waals surface area contributed by atoms with Gasteiger partial charge in [0.1, 0.15) is 11.6 Å². The Morgan fingerprint density at radius 2 is 1.89 bits per heavy atom. The van der Waals surface area contributed by atoms with Crippen LogP contribution < -0.4 is 4.90 Å². The third-order valence-electron chi connectivity index (χ3n) is 8.43. The Bertz CT molecular complexity index is 1460. The minimum Gasteiger partial charge on any atom is -0.464 e. The van der Waals surface area contributed by atoms with E-state index in [9.17, 15) is 9.18 Å². The number of esters is 1. The summed E-state index contributed by atoms with van der Waals surface area (Å²) in [4.78, 5) is 20.6. The highest BCUT2D eigenvalue weighted by atomic mass is 19.1. The fraction of sp³-hybridized carbons (Fsp3) is 0.618. The lowest BCUT2D eigenvalue weighted by atomic mass is 9.92. The van der Waals surface area contributed by atoms with E-state index in [0.717, 1.165) is 68.6 Å². The number of carbonyl (C=O) groups is 1. The van der Waals surface area contributed by atoms with Gasteiger partial charge in [-0.2, -0.15) is 9.61 Å². The number of fused-ring (bicyclic) bond motifs is 9. The molecule has 1 aromatic carbocycles. The van der Waals surface area contributed by atoms with Gasteiger partial charge in [0, 0.05) is 31.5 Å². The fourth-order valence-corrected chi connectivity index (χ4v) is 6.12. The summed E-state index contributed by atoms with van der Waals surface area (Å²) < 4.78 is 40.5. The number of benzene rings is 1. The van der Waals surface area contributed by atoms with Gasteiger partial charge in [-0.1, -0.05) is 12.5 Å². The summed E-state index contributed by atoms with van der Waals surface area (Å²) in [6.07, 6.45) is 4.39. The van der Waals surface area contributed by atoms with Crippen molar-refractivity contribution >= 4 is 17.4 Å². The maximum absolute atomic E-state index is 14.1. The van der Waals surface area contributed by atoms with Crippen LogP contribution in [0.4, 0.5) is 10.2 Å². The van der Waals surface area contributed by atoms with Crippen LogP contribution in [0.25, 0.3) is 5.65 Å². The van der Waals surface area contributed by atoms with Crippen molar-refractivity contribution in [3.05, 3.63) is 58.2 Å². The third kappa shape index (κ3) is 7.58. The van der Waals surface area contributed by atoms with Crippen LogP contribution in [-0.2, 0) is 43.4 Å². The Balaban J connectivity index is 1.58. The standard InChI is InChI=1S/C34H47FN4O5/c1-7-42-32(40)30(44-33(3,4)5)29-23(2)36-28-20-27-22-41-21-25-12-13-26(35)19-24(25)11-9-8-10-18-43-34(6)14-16-38(17-15-34)31(29)39(28)37-27/h12-13,19-20,30H,7-11,14-18,21-22H2,1-6H3. The lowest BCUT2D eigenvalue weighted by molar-refractivity contribution is -0.166. The second kappa shape index (κ2) is 13.5. The van der Waals surface area contributed by atoms with Gasteiger partial charge in [0.05, 0.1) is 42.3 Å². The van der Waals surface area contributed by atoms with Crippen LogP contribution in [0.5, 0.6) is 0 Å². The van der Waals surface area contributed by atoms with Crippen LogP contribution in [0.15, 0.2) is 24.3 Å². The second-order valence-corrected chi connectivity index (χ2v) is 13.2. The average molecular weight is 611 g/mol. The van der Waals surface area contributed by atoms with Gasteiger partial charge in [0.2, 0.25) is 0 Å². The minimum absolute atomic E-state index is 0.231. The number of ether oxygens (including phenoxy) is 4. The molecule has 3 aliphatic rings. The monoisotopic (exact) mass is 610 g/mol. The Morgan fingerprint density at radius 1 is 1.11 bits per heavy atom. The topological polar surface area (TPSA) is 87.4 Å². The van der Waals surface area contributed by atoms with Crippen molar-refractivity contribution < 1.29 is 28.1 Å². The van der Waals surface area contributed by atoms with E-state index in [-0.39, 0.29) is 24.6 Å². The van der Waals surface area contributed by atoms with Gasteiger partial charge in [0.25, 0.3) is 0 Å². The Hall–Kier alpha value is -3.08. The first kappa shape index (κ1) is 32.3.